The summed E-state index contributed by atoms with van der Waals surface area (Å²) in [5, 5.41) is 11.2. The van der Waals surface area contributed by atoms with Crippen molar-refractivity contribution < 1.29 is 18.7 Å². The number of fused-ring (bicyclic) bond motifs is 2. The van der Waals surface area contributed by atoms with Crippen molar-refractivity contribution in [3.63, 3.8) is 0 Å². The van der Waals surface area contributed by atoms with Crippen LogP contribution in [0.2, 0.25) is 0 Å². The molecule has 0 saturated heterocycles. The lowest BCUT2D eigenvalue weighted by atomic mass is 10.0. The van der Waals surface area contributed by atoms with Crippen molar-refractivity contribution in [2.45, 2.75) is 0 Å². The number of benzene rings is 4. The third-order valence-electron chi connectivity index (χ3n) is 5.70. The number of hydrogen-bond acceptors (Lipinski definition) is 5. The molecule has 37 heavy (non-hydrogen) atoms. The van der Waals surface area contributed by atoms with Gasteiger partial charge in [-0.05, 0) is 59.4 Å². The van der Waals surface area contributed by atoms with Crippen molar-refractivity contribution in [1.29, 1.82) is 0 Å². The van der Waals surface area contributed by atoms with Gasteiger partial charge < -0.3 is 19.8 Å². The molecule has 0 atom stereocenters. The molecule has 7 nitrogen and oxygen atoms in total. The molecule has 0 saturated carbocycles. The Morgan fingerprint density at radius 3 is 2.46 bits per heavy atom. The maximum atomic E-state index is 12.9. The SMILES string of the molecule is COc1cc(NC(=S)NC(=O)c2cccc3c(Br)cccc23)ccc1NC(=O)c1cc2ccccc2o1. The fraction of sp³-hybridized carbons (Fsp3) is 0.0357. The molecule has 184 valence electrons. The maximum absolute atomic E-state index is 12.9. The van der Waals surface area contributed by atoms with Gasteiger partial charge in [-0.15, -0.1) is 0 Å². The summed E-state index contributed by atoms with van der Waals surface area (Å²) in [4.78, 5) is 25.7. The Morgan fingerprint density at radius 2 is 1.65 bits per heavy atom. The predicted molar refractivity (Wildman–Crippen MR) is 152 cm³/mol. The van der Waals surface area contributed by atoms with Crippen LogP contribution in [0.1, 0.15) is 20.9 Å². The molecule has 0 bridgehead atoms. The van der Waals surface area contributed by atoms with E-state index in [4.69, 9.17) is 21.4 Å². The number of methoxy groups -OCH3 is 1. The Bertz CT molecular complexity index is 1650. The summed E-state index contributed by atoms with van der Waals surface area (Å²) in [5.74, 6) is -0.139. The Balaban J connectivity index is 1.28. The van der Waals surface area contributed by atoms with Crippen LogP contribution < -0.4 is 20.7 Å². The van der Waals surface area contributed by atoms with Crippen LogP contribution >= 0.6 is 28.1 Å². The zero-order valence-corrected chi connectivity index (χ0v) is 21.9. The van der Waals surface area contributed by atoms with E-state index in [1.165, 1.54) is 7.11 Å². The van der Waals surface area contributed by atoms with E-state index in [1.54, 1.807) is 36.4 Å². The normalized spacial score (nSPS) is 10.8. The first-order valence-electron chi connectivity index (χ1n) is 11.2. The Labute approximate surface area is 225 Å². The standard InChI is InChI=1S/C28H20BrN3O4S/c1-35-24-15-17(12-13-22(24)31-27(34)25-14-16-6-2-3-11-23(16)36-25)30-28(37)32-26(33)20-9-4-8-19-18(20)7-5-10-21(19)29/h2-15H,1H3,(H,31,34)(H2,30,32,33,37). The molecule has 5 rings (SSSR count). The quantitative estimate of drug-likeness (QED) is 0.202. The largest absolute Gasteiger partial charge is 0.494 e. The molecule has 0 spiro atoms. The van der Waals surface area contributed by atoms with E-state index in [-0.39, 0.29) is 16.8 Å². The summed E-state index contributed by atoms with van der Waals surface area (Å²) in [6, 6.07) is 25.3. The molecule has 1 heterocycles. The van der Waals surface area contributed by atoms with Gasteiger partial charge in [-0.1, -0.05) is 58.4 Å². The molecule has 0 unspecified atom stereocenters. The van der Waals surface area contributed by atoms with Crippen LogP contribution in [0.15, 0.2) is 93.8 Å². The van der Waals surface area contributed by atoms with Gasteiger partial charge in [0, 0.05) is 27.2 Å². The smallest absolute Gasteiger partial charge is 0.291 e. The van der Waals surface area contributed by atoms with Crippen molar-refractivity contribution in [1.82, 2.24) is 5.32 Å². The van der Waals surface area contributed by atoms with Crippen LogP contribution in [0.25, 0.3) is 21.7 Å². The summed E-state index contributed by atoms with van der Waals surface area (Å²) in [6.07, 6.45) is 0. The lowest BCUT2D eigenvalue weighted by molar-refractivity contribution is 0.0976. The number of ether oxygens (including phenoxy) is 1. The molecule has 9 heteroatoms. The molecule has 0 fully saturated rings. The van der Waals surface area contributed by atoms with Crippen molar-refractivity contribution in [2.75, 3.05) is 17.7 Å². The van der Waals surface area contributed by atoms with E-state index in [0.29, 0.717) is 28.3 Å². The second kappa shape index (κ2) is 10.4. The second-order valence-corrected chi connectivity index (χ2v) is 9.33. The number of halogens is 1. The van der Waals surface area contributed by atoms with Crippen molar-refractivity contribution >= 4 is 78.2 Å². The Morgan fingerprint density at radius 1 is 0.865 bits per heavy atom. The van der Waals surface area contributed by atoms with E-state index < -0.39 is 5.91 Å². The van der Waals surface area contributed by atoms with Gasteiger partial charge in [-0.25, -0.2) is 0 Å². The predicted octanol–water partition coefficient (Wildman–Crippen LogP) is 6.74. The van der Waals surface area contributed by atoms with Gasteiger partial charge in [-0.2, -0.15) is 0 Å². The minimum absolute atomic E-state index is 0.123. The highest BCUT2D eigenvalue weighted by atomic mass is 79.9. The average molecular weight is 574 g/mol. The molecular weight excluding hydrogens is 554 g/mol. The molecular formula is C28H20BrN3O4S. The van der Waals surface area contributed by atoms with Crippen LogP contribution in [0.4, 0.5) is 11.4 Å². The zero-order valence-electron chi connectivity index (χ0n) is 19.5. The lowest BCUT2D eigenvalue weighted by Gasteiger charge is -2.14. The van der Waals surface area contributed by atoms with Gasteiger partial charge in [0.05, 0.1) is 12.8 Å². The van der Waals surface area contributed by atoms with E-state index in [2.05, 4.69) is 31.9 Å². The number of thiocarbonyl (C=S) groups is 1. The summed E-state index contributed by atoms with van der Waals surface area (Å²) in [6.45, 7) is 0. The molecule has 0 radical (unpaired) electrons. The van der Waals surface area contributed by atoms with Gasteiger partial charge in [-0.3, -0.25) is 14.9 Å². The highest BCUT2D eigenvalue weighted by Crippen LogP contribution is 2.30. The number of rotatable bonds is 5. The van der Waals surface area contributed by atoms with E-state index in [1.807, 2.05) is 48.5 Å². The summed E-state index contributed by atoms with van der Waals surface area (Å²) < 4.78 is 12.0. The number of para-hydroxylation sites is 1. The first-order valence-corrected chi connectivity index (χ1v) is 12.4. The van der Waals surface area contributed by atoms with Crippen molar-refractivity contribution in [3.05, 3.63) is 101 Å². The van der Waals surface area contributed by atoms with Crippen LogP contribution in [0, 0.1) is 0 Å². The third kappa shape index (κ3) is 5.18. The fourth-order valence-electron chi connectivity index (χ4n) is 3.95. The van der Waals surface area contributed by atoms with E-state index in [0.717, 1.165) is 20.6 Å². The van der Waals surface area contributed by atoms with Gasteiger partial charge in [0.15, 0.2) is 10.9 Å². The minimum Gasteiger partial charge on any atom is -0.494 e. The monoisotopic (exact) mass is 573 g/mol. The van der Waals surface area contributed by atoms with E-state index >= 15 is 0 Å². The molecule has 4 aromatic carbocycles. The van der Waals surface area contributed by atoms with Gasteiger partial charge >= 0.3 is 0 Å². The molecule has 5 aromatic rings. The van der Waals surface area contributed by atoms with Crippen LogP contribution in [-0.4, -0.2) is 24.0 Å². The zero-order chi connectivity index (χ0) is 25.9. The highest BCUT2D eigenvalue weighted by molar-refractivity contribution is 9.10. The van der Waals surface area contributed by atoms with Crippen LogP contribution in [0.5, 0.6) is 5.75 Å². The molecule has 1 aromatic heterocycles. The number of anilines is 2. The number of carbonyl (C=O) groups excluding carboxylic acids is 2. The van der Waals surface area contributed by atoms with Crippen molar-refractivity contribution in [3.8, 4) is 5.75 Å². The third-order valence-corrected chi connectivity index (χ3v) is 6.59. The fourth-order valence-corrected chi connectivity index (χ4v) is 4.66. The summed E-state index contributed by atoms with van der Waals surface area (Å²) in [5.41, 5.74) is 2.16. The van der Waals surface area contributed by atoms with Gasteiger partial charge in [0.25, 0.3) is 11.8 Å². The molecule has 0 aliphatic carbocycles. The number of nitrogens with one attached hydrogen (secondary N) is 3. The van der Waals surface area contributed by atoms with Crippen LogP contribution in [-0.2, 0) is 0 Å². The summed E-state index contributed by atoms with van der Waals surface area (Å²) in [7, 11) is 1.49. The van der Waals surface area contributed by atoms with E-state index in [9.17, 15) is 9.59 Å². The Kier molecular flexibility index (Phi) is 6.89. The molecule has 3 N–H and O–H groups in total. The number of amides is 2. The van der Waals surface area contributed by atoms with Crippen molar-refractivity contribution in [2.24, 2.45) is 0 Å². The molecule has 2 amide bonds. The number of furan rings is 1. The summed E-state index contributed by atoms with van der Waals surface area (Å²) >= 11 is 8.88. The first kappa shape index (κ1) is 24.5. The van der Waals surface area contributed by atoms with Gasteiger partial charge in [0.2, 0.25) is 0 Å². The first-order chi connectivity index (χ1) is 17.9. The number of hydrogen-bond donors (Lipinski definition) is 3. The maximum Gasteiger partial charge on any atom is 0.291 e. The lowest BCUT2D eigenvalue weighted by Crippen LogP contribution is -2.34. The molecule has 0 aliphatic rings. The second-order valence-electron chi connectivity index (χ2n) is 8.07. The topological polar surface area (TPSA) is 92.6 Å². The highest BCUT2D eigenvalue weighted by Gasteiger charge is 2.16. The van der Waals surface area contributed by atoms with Gasteiger partial charge in [0.1, 0.15) is 11.3 Å². The Hall–Kier alpha value is -4.21. The molecule has 0 aliphatic heterocycles. The number of carbonyl (C=O) groups is 2. The average Bonchev–Trinajstić information content (AvgIpc) is 3.34. The van der Waals surface area contributed by atoms with Crippen LogP contribution in [0.3, 0.4) is 0 Å². The minimum atomic E-state index is -0.403.